The number of fused-ring (bicyclic) bond motifs is 1. The van der Waals surface area contributed by atoms with Crippen molar-refractivity contribution >= 4 is 0 Å². The average molecular weight is 234 g/mol. The van der Waals surface area contributed by atoms with Gasteiger partial charge in [0, 0.05) is 13.1 Å². The van der Waals surface area contributed by atoms with E-state index >= 15 is 0 Å². The summed E-state index contributed by atoms with van der Waals surface area (Å²) < 4.78 is 0. The number of hydrogen-bond acceptors (Lipinski definition) is 2. The van der Waals surface area contributed by atoms with Crippen molar-refractivity contribution in [1.82, 2.24) is 9.80 Å². The zero-order valence-corrected chi connectivity index (χ0v) is 11.6. The molecular weight excluding hydrogens is 208 g/mol. The Morgan fingerprint density at radius 3 is 1.59 bits per heavy atom. The van der Waals surface area contributed by atoms with Crippen LogP contribution in [0.25, 0.3) is 0 Å². The van der Waals surface area contributed by atoms with E-state index < -0.39 is 0 Å². The molecule has 4 aliphatic carbocycles. The molecule has 6 atom stereocenters. The number of rotatable bonds is 4. The standard InChI is InChI=1S/C15H26N2/c1-16(2)8-14-10-5-6-11(13-7-12(10)13)15(14)9-17(3)4/h5-6,10-15H,7-9H2,1-4H3/t10-,11-,12-,13-,14-,15+/m1/s1. The highest BCUT2D eigenvalue weighted by Gasteiger charge is 2.58. The molecule has 0 aliphatic heterocycles. The largest absolute Gasteiger partial charge is 0.309 e. The molecule has 4 aliphatic rings. The number of nitrogens with zero attached hydrogens (tertiary/aromatic N) is 2. The fraction of sp³-hybridized carbons (Fsp3) is 0.867. The first kappa shape index (κ1) is 11.7. The van der Waals surface area contributed by atoms with Crippen LogP contribution in [0.5, 0.6) is 0 Å². The lowest BCUT2D eigenvalue weighted by Gasteiger charge is -2.46. The van der Waals surface area contributed by atoms with Crippen molar-refractivity contribution in [2.24, 2.45) is 35.5 Å². The van der Waals surface area contributed by atoms with Gasteiger partial charge in [0.25, 0.3) is 0 Å². The Hall–Kier alpha value is -0.340. The van der Waals surface area contributed by atoms with Crippen LogP contribution in [0.3, 0.4) is 0 Å². The van der Waals surface area contributed by atoms with Gasteiger partial charge in [0.15, 0.2) is 0 Å². The molecule has 2 heteroatoms. The highest BCUT2D eigenvalue weighted by Crippen LogP contribution is 2.63. The minimum atomic E-state index is 0.886. The van der Waals surface area contributed by atoms with E-state index in [1.807, 2.05) is 0 Å². The lowest BCUT2D eigenvalue weighted by Crippen LogP contribution is -2.47. The van der Waals surface area contributed by atoms with Crippen molar-refractivity contribution < 1.29 is 0 Å². The van der Waals surface area contributed by atoms with E-state index in [1.54, 1.807) is 0 Å². The van der Waals surface area contributed by atoms with E-state index in [0.717, 1.165) is 35.5 Å². The second-order valence-corrected chi connectivity index (χ2v) is 6.96. The van der Waals surface area contributed by atoms with E-state index in [1.165, 1.54) is 19.5 Å². The topological polar surface area (TPSA) is 6.48 Å². The Labute approximate surface area is 106 Å². The molecule has 2 bridgehead atoms. The Balaban J connectivity index is 1.80. The first-order valence-electron chi connectivity index (χ1n) is 7.05. The van der Waals surface area contributed by atoms with Gasteiger partial charge >= 0.3 is 0 Å². The molecule has 0 saturated heterocycles. The van der Waals surface area contributed by atoms with Gasteiger partial charge in [-0.15, -0.1) is 0 Å². The van der Waals surface area contributed by atoms with Gasteiger partial charge in [0.1, 0.15) is 0 Å². The van der Waals surface area contributed by atoms with E-state index in [0.29, 0.717) is 0 Å². The first-order chi connectivity index (χ1) is 8.08. The Morgan fingerprint density at radius 2 is 1.24 bits per heavy atom. The molecule has 0 N–H and O–H groups in total. The van der Waals surface area contributed by atoms with Crippen LogP contribution in [0.1, 0.15) is 6.42 Å². The molecule has 0 radical (unpaired) electrons. The third-order valence-electron chi connectivity index (χ3n) is 5.13. The van der Waals surface area contributed by atoms with Crippen LogP contribution in [0.2, 0.25) is 0 Å². The average Bonchev–Trinajstić information content (AvgIpc) is 3.00. The Morgan fingerprint density at radius 1 is 0.824 bits per heavy atom. The zero-order valence-electron chi connectivity index (χ0n) is 11.6. The third-order valence-corrected chi connectivity index (χ3v) is 5.13. The molecule has 0 aromatic carbocycles. The van der Waals surface area contributed by atoms with Gasteiger partial charge in [-0.05, 0) is 70.1 Å². The highest BCUT2D eigenvalue weighted by atomic mass is 15.1. The van der Waals surface area contributed by atoms with Gasteiger partial charge in [-0.1, -0.05) is 12.2 Å². The zero-order chi connectivity index (χ0) is 12.2. The lowest BCUT2D eigenvalue weighted by molar-refractivity contribution is 0.0662. The van der Waals surface area contributed by atoms with Crippen LogP contribution < -0.4 is 0 Å². The Kier molecular flexibility index (Phi) is 2.83. The summed E-state index contributed by atoms with van der Waals surface area (Å²) in [6.07, 6.45) is 6.62. The minimum Gasteiger partial charge on any atom is -0.309 e. The Bertz CT molecular complexity index is 291. The van der Waals surface area contributed by atoms with Crippen LogP contribution in [-0.2, 0) is 0 Å². The van der Waals surface area contributed by atoms with Crippen molar-refractivity contribution in [3.63, 3.8) is 0 Å². The van der Waals surface area contributed by atoms with Crippen LogP contribution in [0.15, 0.2) is 12.2 Å². The van der Waals surface area contributed by atoms with Gasteiger partial charge in [0.05, 0.1) is 0 Å². The van der Waals surface area contributed by atoms with Crippen molar-refractivity contribution in [3.8, 4) is 0 Å². The summed E-state index contributed by atoms with van der Waals surface area (Å²) in [4.78, 5) is 4.78. The van der Waals surface area contributed by atoms with Crippen LogP contribution in [0, 0.1) is 35.5 Å². The molecule has 4 rings (SSSR count). The summed E-state index contributed by atoms with van der Waals surface area (Å²) in [7, 11) is 8.90. The van der Waals surface area contributed by atoms with Crippen molar-refractivity contribution in [2.45, 2.75) is 6.42 Å². The predicted octanol–water partition coefficient (Wildman–Crippen LogP) is 1.79. The van der Waals surface area contributed by atoms with Crippen molar-refractivity contribution in [3.05, 3.63) is 12.2 Å². The molecular formula is C15H26N2. The summed E-state index contributed by atoms with van der Waals surface area (Å²) in [5.41, 5.74) is 0. The second-order valence-electron chi connectivity index (χ2n) is 6.96. The molecule has 0 aromatic rings. The fourth-order valence-electron chi connectivity index (χ4n) is 4.51. The van der Waals surface area contributed by atoms with Gasteiger partial charge in [0.2, 0.25) is 0 Å². The summed E-state index contributed by atoms with van der Waals surface area (Å²) in [6.45, 7) is 2.54. The summed E-state index contributed by atoms with van der Waals surface area (Å²) in [5, 5.41) is 0. The van der Waals surface area contributed by atoms with Gasteiger partial charge < -0.3 is 9.80 Å². The molecule has 2 fully saturated rings. The maximum atomic E-state index is 2.55. The quantitative estimate of drug-likeness (QED) is 0.684. The normalized spacial score (nSPS) is 46.7. The molecule has 2 nitrogen and oxygen atoms in total. The van der Waals surface area contributed by atoms with Crippen LogP contribution >= 0.6 is 0 Å². The molecule has 0 amide bonds. The molecule has 0 unspecified atom stereocenters. The molecule has 2 saturated carbocycles. The molecule has 96 valence electrons. The molecule has 0 spiro atoms. The maximum Gasteiger partial charge on any atom is 0.00126 e. The fourth-order valence-corrected chi connectivity index (χ4v) is 4.51. The third kappa shape index (κ3) is 1.96. The van der Waals surface area contributed by atoms with E-state index in [9.17, 15) is 0 Å². The van der Waals surface area contributed by atoms with E-state index in [-0.39, 0.29) is 0 Å². The minimum absolute atomic E-state index is 0.886. The second kappa shape index (κ2) is 4.10. The summed E-state index contributed by atoms with van der Waals surface area (Å²) in [5.74, 6) is 5.66. The monoisotopic (exact) mass is 234 g/mol. The lowest BCUT2D eigenvalue weighted by atomic mass is 9.62. The highest BCUT2D eigenvalue weighted by molar-refractivity contribution is 5.21. The van der Waals surface area contributed by atoms with Gasteiger partial charge in [-0.25, -0.2) is 0 Å². The van der Waals surface area contributed by atoms with Crippen LogP contribution in [-0.4, -0.2) is 51.1 Å². The maximum absolute atomic E-state index is 2.55. The summed E-state index contributed by atoms with van der Waals surface area (Å²) >= 11 is 0. The number of allylic oxidation sites excluding steroid dienone is 2. The first-order valence-corrected chi connectivity index (χ1v) is 7.05. The van der Waals surface area contributed by atoms with Gasteiger partial charge in [-0.3, -0.25) is 0 Å². The summed E-state index contributed by atoms with van der Waals surface area (Å²) in [6, 6.07) is 0. The van der Waals surface area contributed by atoms with Crippen molar-refractivity contribution in [1.29, 1.82) is 0 Å². The van der Waals surface area contributed by atoms with E-state index in [2.05, 4.69) is 50.1 Å². The molecule has 0 aromatic heterocycles. The van der Waals surface area contributed by atoms with E-state index in [4.69, 9.17) is 0 Å². The predicted molar refractivity (Wildman–Crippen MR) is 71.8 cm³/mol. The van der Waals surface area contributed by atoms with Crippen LogP contribution in [0.4, 0.5) is 0 Å². The van der Waals surface area contributed by atoms with Crippen molar-refractivity contribution in [2.75, 3.05) is 41.3 Å². The number of hydrogen-bond donors (Lipinski definition) is 0. The smallest absolute Gasteiger partial charge is 0.00126 e. The molecule has 17 heavy (non-hydrogen) atoms. The molecule has 0 heterocycles. The van der Waals surface area contributed by atoms with Gasteiger partial charge in [-0.2, -0.15) is 0 Å². The SMILES string of the molecule is CN(C)C[C@@H]1[C@@H]2C=C[C@H]([C@H]3C[C@H]23)[C@@H]1CN(C)C.